The molecule has 0 aliphatic rings. The SMILES string of the molecule is CCN(Cc1cccs1)C(=O)CCn1cnc2ccccc2c1=O. The molecule has 0 N–H and O–H groups in total. The monoisotopic (exact) mass is 341 g/mol. The lowest BCUT2D eigenvalue weighted by atomic mass is 10.2. The summed E-state index contributed by atoms with van der Waals surface area (Å²) in [6.07, 6.45) is 1.81. The van der Waals surface area contributed by atoms with Crippen molar-refractivity contribution in [2.24, 2.45) is 0 Å². The van der Waals surface area contributed by atoms with Crippen molar-refractivity contribution in [2.75, 3.05) is 6.54 Å². The second kappa shape index (κ2) is 7.40. The lowest BCUT2D eigenvalue weighted by molar-refractivity contribution is -0.131. The van der Waals surface area contributed by atoms with Crippen LogP contribution in [0.2, 0.25) is 0 Å². The number of carbonyl (C=O) groups excluding carboxylic acids is 1. The summed E-state index contributed by atoms with van der Waals surface area (Å²) in [4.78, 5) is 32.1. The van der Waals surface area contributed by atoms with Crippen molar-refractivity contribution in [1.29, 1.82) is 0 Å². The predicted octanol–water partition coefficient (Wildman–Crippen LogP) is 2.90. The number of aromatic nitrogens is 2. The Morgan fingerprint density at radius 2 is 2.08 bits per heavy atom. The third-order valence-electron chi connectivity index (χ3n) is 3.96. The Hall–Kier alpha value is -2.47. The van der Waals surface area contributed by atoms with E-state index in [0.717, 1.165) is 4.88 Å². The second-order valence-corrected chi connectivity index (χ2v) is 6.53. The van der Waals surface area contributed by atoms with Gasteiger partial charge in [0.1, 0.15) is 0 Å². The molecule has 0 unspecified atom stereocenters. The van der Waals surface area contributed by atoms with Gasteiger partial charge in [-0.2, -0.15) is 0 Å². The number of fused-ring (bicyclic) bond motifs is 1. The number of carbonyl (C=O) groups is 1. The van der Waals surface area contributed by atoms with Gasteiger partial charge in [-0.05, 0) is 30.5 Å². The molecule has 0 bridgehead atoms. The highest BCUT2D eigenvalue weighted by atomic mass is 32.1. The molecule has 6 heteroatoms. The van der Waals surface area contributed by atoms with Gasteiger partial charge in [-0.3, -0.25) is 14.2 Å². The number of benzene rings is 1. The number of thiophene rings is 1. The van der Waals surface area contributed by atoms with Gasteiger partial charge in [-0.15, -0.1) is 11.3 Å². The maximum atomic E-state index is 12.4. The summed E-state index contributed by atoms with van der Waals surface area (Å²) in [5, 5.41) is 2.59. The molecular formula is C18H19N3O2S. The van der Waals surface area contributed by atoms with Crippen LogP contribution < -0.4 is 5.56 Å². The van der Waals surface area contributed by atoms with Crippen molar-refractivity contribution in [3.8, 4) is 0 Å². The summed E-state index contributed by atoms with van der Waals surface area (Å²) < 4.78 is 1.51. The minimum absolute atomic E-state index is 0.0472. The van der Waals surface area contributed by atoms with Gasteiger partial charge < -0.3 is 4.90 Å². The molecule has 124 valence electrons. The van der Waals surface area contributed by atoms with Gasteiger partial charge in [0.15, 0.2) is 0 Å². The first-order valence-corrected chi connectivity index (χ1v) is 8.81. The molecular weight excluding hydrogens is 322 g/mol. The Balaban J connectivity index is 1.69. The van der Waals surface area contributed by atoms with Gasteiger partial charge >= 0.3 is 0 Å². The lowest BCUT2D eigenvalue weighted by Gasteiger charge is -2.20. The number of aryl methyl sites for hydroxylation is 1. The van der Waals surface area contributed by atoms with Crippen molar-refractivity contribution in [3.63, 3.8) is 0 Å². The fourth-order valence-electron chi connectivity index (χ4n) is 2.61. The van der Waals surface area contributed by atoms with E-state index in [-0.39, 0.29) is 11.5 Å². The summed E-state index contributed by atoms with van der Waals surface area (Å²) in [6.45, 7) is 3.59. The highest BCUT2D eigenvalue weighted by Crippen LogP contribution is 2.12. The maximum Gasteiger partial charge on any atom is 0.261 e. The molecule has 0 fully saturated rings. The summed E-state index contributed by atoms with van der Waals surface area (Å²) in [5.74, 6) is 0.0472. The molecule has 0 aliphatic carbocycles. The maximum absolute atomic E-state index is 12.4. The van der Waals surface area contributed by atoms with Gasteiger partial charge in [0.05, 0.1) is 23.8 Å². The molecule has 24 heavy (non-hydrogen) atoms. The normalized spacial score (nSPS) is 10.9. The van der Waals surface area contributed by atoms with Crippen molar-refractivity contribution in [2.45, 2.75) is 26.4 Å². The third kappa shape index (κ3) is 3.54. The van der Waals surface area contributed by atoms with E-state index in [2.05, 4.69) is 4.98 Å². The van der Waals surface area contributed by atoms with E-state index >= 15 is 0 Å². The molecule has 3 rings (SSSR count). The quantitative estimate of drug-likeness (QED) is 0.693. The van der Waals surface area contributed by atoms with E-state index in [4.69, 9.17) is 0 Å². The summed E-state index contributed by atoms with van der Waals surface area (Å²) in [6, 6.07) is 11.3. The molecule has 1 aromatic carbocycles. The number of para-hydroxylation sites is 1. The molecule has 1 amide bonds. The lowest BCUT2D eigenvalue weighted by Crippen LogP contribution is -2.32. The first-order chi connectivity index (χ1) is 11.7. The van der Waals surface area contributed by atoms with Crippen LogP contribution in [0.3, 0.4) is 0 Å². The first-order valence-electron chi connectivity index (χ1n) is 7.93. The zero-order valence-corrected chi connectivity index (χ0v) is 14.3. The van der Waals surface area contributed by atoms with Crippen LogP contribution in [0.1, 0.15) is 18.2 Å². The van der Waals surface area contributed by atoms with E-state index < -0.39 is 0 Å². The average molecular weight is 341 g/mol. The van der Waals surface area contributed by atoms with Crippen LogP contribution in [-0.2, 0) is 17.9 Å². The minimum Gasteiger partial charge on any atom is -0.338 e. The van der Waals surface area contributed by atoms with Gasteiger partial charge in [0.25, 0.3) is 5.56 Å². The van der Waals surface area contributed by atoms with Crippen LogP contribution in [0.25, 0.3) is 10.9 Å². The number of nitrogens with zero attached hydrogens (tertiary/aromatic N) is 3. The molecule has 2 heterocycles. The van der Waals surface area contributed by atoms with Crippen molar-refractivity contribution < 1.29 is 4.79 Å². The van der Waals surface area contributed by atoms with Crippen LogP contribution in [-0.4, -0.2) is 26.9 Å². The standard InChI is InChI=1S/C18H19N3O2S/c1-2-20(12-14-6-5-11-24-14)17(22)9-10-21-13-19-16-8-4-3-7-15(16)18(21)23/h3-8,11,13H,2,9-10,12H2,1H3. The van der Waals surface area contributed by atoms with E-state index in [0.29, 0.717) is 37.0 Å². The Morgan fingerprint density at radius 3 is 2.83 bits per heavy atom. The Labute approximate surface area is 144 Å². The largest absolute Gasteiger partial charge is 0.338 e. The Kier molecular flexibility index (Phi) is 5.05. The number of hydrogen-bond donors (Lipinski definition) is 0. The Morgan fingerprint density at radius 1 is 1.25 bits per heavy atom. The average Bonchev–Trinajstić information content (AvgIpc) is 3.12. The van der Waals surface area contributed by atoms with Gasteiger partial charge in [-0.1, -0.05) is 18.2 Å². The topological polar surface area (TPSA) is 55.2 Å². The molecule has 5 nitrogen and oxygen atoms in total. The fraction of sp³-hybridized carbons (Fsp3) is 0.278. The number of hydrogen-bond acceptors (Lipinski definition) is 4. The highest BCUT2D eigenvalue weighted by Gasteiger charge is 2.13. The van der Waals surface area contributed by atoms with Gasteiger partial charge in [0.2, 0.25) is 5.91 Å². The van der Waals surface area contributed by atoms with Crippen molar-refractivity contribution in [3.05, 3.63) is 63.3 Å². The molecule has 0 saturated carbocycles. The van der Waals surface area contributed by atoms with E-state index in [1.54, 1.807) is 17.4 Å². The second-order valence-electron chi connectivity index (χ2n) is 5.50. The molecule has 0 spiro atoms. The van der Waals surface area contributed by atoms with Crippen molar-refractivity contribution >= 4 is 28.1 Å². The summed E-state index contributed by atoms with van der Waals surface area (Å²) in [5.41, 5.74) is 0.577. The molecule has 0 radical (unpaired) electrons. The van der Waals surface area contributed by atoms with Crippen LogP contribution in [0, 0.1) is 0 Å². The van der Waals surface area contributed by atoms with E-state index in [1.807, 2.05) is 47.5 Å². The molecule has 0 atom stereocenters. The van der Waals surface area contributed by atoms with Gasteiger partial charge in [0, 0.05) is 24.4 Å². The first kappa shape index (κ1) is 16.4. The zero-order valence-electron chi connectivity index (χ0n) is 13.5. The van der Waals surface area contributed by atoms with Crippen LogP contribution >= 0.6 is 11.3 Å². The molecule has 0 saturated heterocycles. The van der Waals surface area contributed by atoms with Crippen LogP contribution in [0.15, 0.2) is 52.9 Å². The van der Waals surface area contributed by atoms with Crippen LogP contribution in [0.4, 0.5) is 0 Å². The smallest absolute Gasteiger partial charge is 0.261 e. The Bertz CT molecular complexity index is 887. The van der Waals surface area contributed by atoms with E-state index in [9.17, 15) is 9.59 Å². The number of rotatable bonds is 6. The van der Waals surface area contributed by atoms with E-state index in [1.165, 1.54) is 10.9 Å². The van der Waals surface area contributed by atoms with Gasteiger partial charge in [-0.25, -0.2) is 4.98 Å². The molecule has 2 aromatic heterocycles. The zero-order chi connectivity index (χ0) is 16.9. The minimum atomic E-state index is -0.102. The predicted molar refractivity (Wildman–Crippen MR) is 96.0 cm³/mol. The molecule has 0 aliphatic heterocycles. The highest BCUT2D eigenvalue weighted by molar-refractivity contribution is 7.09. The number of amides is 1. The summed E-state index contributed by atoms with van der Waals surface area (Å²) in [7, 11) is 0. The third-order valence-corrected chi connectivity index (χ3v) is 4.82. The summed E-state index contributed by atoms with van der Waals surface area (Å²) >= 11 is 1.64. The van der Waals surface area contributed by atoms with Crippen molar-refractivity contribution in [1.82, 2.24) is 14.5 Å². The van der Waals surface area contributed by atoms with Crippen LogP contribution in [0.5, 0.6) is 0 Å². The molecule has 3 aromatic rings. The fourth-order valence-corrected chi connectivity index (χ4v) is 3.33.